The van der Waals surface area contributed by atoms with Crippen LogP contribution in [0.25, 0.3) is 0 Å². The number of ether oxygens (including phenoxy) is 1. The molecule has 0 fully saturated rings. The lowest BCUT2D eigenvalue weighted by Gasteiger charge is -2.20. The van der Waals surface area contributed by atoms with Crippen molar-refractivity contribution in [3.05, 3.63) is 59.7 Å². The molecule has 0 saturated heterocycles. The van der Waals surface area contributed by atoms with Gasteiger partial charge in [-0.1, -0.05) is 36.4 Å². The van der Waals surface area contributed by atoms with Gasteiger partial charge in [0.15, 0.2) is 0 Å². The molecule has 0 radical (unpaired) electrons. The van der Waals surface area contributed by atoms with Crippen LogP contribution in [0.15, 0.2) is 48.5 Å². The van der Waals surface area contributed by atoms with E-state index in [9.17, 15) is 23.1 Å². The fourth-order valence-corrected chi connectivity index (χ4v) is 2.36. The summed E-state index contributed by atoms with van der Waals surface area (Å²) in [5.74, 6) is -0.456. The minimum Gasteiger partial charge on any atom is -0.508 e. The lowest BCUT2D eigenvalue weighted by atomic mass is 10.1. The van der Waals surface area contributed by atoms with E-state index in [4.69, 9.17) is 0 Å². The molecule has 0 unspecified atom stereocenters. The Hall–Kier alpha value is -2.70. The van der Waals surface area contributed by atoms with Crippen molar-refractivity contribution in [3.8, 4) is 11.5 Å². The number of hydrogen-bond donors (Lipinski definition) is 1. The molecule has 1 N–H and O–H groups in total. The second-order valence-corrected chi connectivity index (χ2v) is 5.53. The van der Waals surface area contributed by atoms with Gasteiger partial charge >= 0.3 is 6.36 Å². The summed E-state index contributed by atoms with van der Waals surface area (Å²) in [6.45, 7) is -0.00808. The van der Waals surface area contributed by atoms with E-state index < -0.39 is 6.36 Å². The quantitative estimate of drug-likeness (QED) is 0.857. The minimum atomic E-state index is -4.79. The summed E-state index contributed by atoms with van der Waals surface area (Å²) in [6, 6.07) is 12.4. The van der Waals surface area contributed by atoms with E-state index in [2.05, 4.69) is 4.74 Å². The molecule has 0 aromatic heterocycles. The standard InChI is InChI=1S/C18H18F3NO3/c1-22(17(24)11-10-13-6-2-4-8-15(13)23)12-14-7-3-5-9-16(14)25-18(19,20)21/h2-9,23H,10-12H2,1H3. The number of hydrogen-bond acceptors (Lipinski definition) is 3. The van der Waals surface area contributed by atoms with Crippen LogP contribution in [0.3, 0.4) is 0 Å². The number of alkyl halides is 3. The Morgan fingerprint density at radius 1 is 1.08 bits per heavy atom. The molecule has 0 aliphatic heterocycles. The minimum absolute atomic E-state index is 0.00808. The molecule has 2 rings (SSSR count). The number of aromatic hydroxyl groups is 1. The number of carbonyl (C=O) groups excluding carboxylic acids is 1. The predicted molar refractivity (Wildman–Crippen MR) is 86.0 cm³/mol. The van der Waals surface area contributed by atoms with Gasteiger partial charge in [0.1, 0.15) is 11.5 Å². The number of carbonyl (C=O) groups is 1. The topological polar surface area (TPSA) is 49.8 Å². The molecule has 4 nitrogen and oxygen atoms in total. The molecule has 7 heteroatoms. The zero-order valence-corrected chi connectivity index (χ0v) is 13.6. The first-order valence-corrected chi connectivity index (χ1v) is 7.61. The van der Waals surface area contributed by atoms with Crippen LogP contribution in [0, 0.1) is 0 Å². The molecular weight excluding hydrogens is 335 g/mol. The highest BCUT2D eigenvalue weighted by atomic mass is 19.4. The smallest absolute Gasteiger partial charge is 0.508 e. The van der Waals surface area contributed by atoms with Gasteiger partial charge < -0.3 is 14.7 Å². The molecule has 0 heterocycles. The van der Waals surface area contributed by atoms with Crippen LogP contribution in [0.2, 0.25) is 0 Å². The van der Waals surface area contributed by atoms with E-state index in [0.717, 1.165) is 0 Å². The molecule has 2 aromatic carbocycles. The zero-order valence-electron chi connectivity index (χ0n) is 13.6. The normalized spacial score (nSPS) is 11.2. The van der Waals surface area contributed by atoms with Gasteiger partial charge in [0.05, 0.1) is 0 Å². The van der Waals surface area contributed by atoms with E-state index in [-0.39, 0.29) is 35.9 Å². The molecule has 0 spiro atoms. The van der Waals surface area contributed by atoms with Crippen molar-refractivity contribution in [2.45, 2.75) is 25.7 Å². The van der Waals surface area contributed by atoms with E-state index in [1.165, 1.54) is 36.2 Å². The number of phenolic OH excluding ortho intramolecular Hbond substituents is 1. The number of aryl methyl sites for hydroxylation is 1. The van der Waals surface area contributed by atoms with Crippen molar-refractivity contribution >= 4 is 5.91 Å². The largest absolute Gasteiger partial charge is 0.573 e. The van der Waals surface area contributed by atoms with Gasteiger partial charge in [0.25, 0.3) is 0 Å². The molecule has 0 aliphatic carbocycles. The third kappa shape index (κ3) is 5.70. The Morgan fingerprint density at radius 3 is 2.32 bits per heavy atom. The lowest BCUT2D eigenvalue weighted by molar-refractivity contribution is -0.275. The first-order chi connectivity index (χ1) is 11.8. The summed E-state index contributed by atoms with van der Waals surface area (Å²) in [7, 11) is 1.51. The molecule has 134 valence electrons. The number of phenols is 1. The second kappa shape index (κ2) is 7.92. The number of para-hydroxylation sites is 2. The Kier molecular flexibility index (Phi) is 5.90. The van der Waals surface area contributed by atoms with Crippen molar-refractivity contribution < 1.29 is 27.8 Å². The van der Waals surface area contributed by atoms with E-state index in [1.54, 1.807) is 24.3 Å². The van der Waals surface area contributed by atoms with Crippen LogP contribution in [0.5, 0.6) is 11.5 Å². The molecule has 0 bridgehead atoms. The first kappa shape index (κ1) is 18.6. The molecule has 0 atom stereocenters. The summed E-state index contributed by atoms with van der Waals surface area (Å²) in [5, 5.41) is 9.69. The average Bonchev–Trinajstić information content (AvgIpc) is 2.54. The molecular formula is C18H18F3NO3. The van der Waals surface area contributed by atoms with Gasteiger partial charge in [-0.2, -0.15) is 0 Å². The van der Waals surface area contributed by atoms with Crippen molar-refractivity contribution in [2.24, 2.45) is 0 Å². The number of rotatable bonds is 6. The van der Waals surface area contributed by atoms with Crippen LogP contribution < -0.4 is 4.74 Å². The maximum Gasteiger partial charge on any atom is 0.573 e. The first-order valence-electron chi connectivity index (χ1n) is 7.61. The van der Waals surface area contributed by atoms with Crippen LogP contribution in [0.4, 0.5) is 13.2 Å². The Labute approximate surface area is 143 Å². The summed E-state index contributed by atoms with van der Waals surface area (Å²) < 4.78 is 41.3. The van der Waals surface area contributed by atoms with Crippen molar-refractivity contribution in [1.29, 1.82) is 0 Å². The SMILES string of the molecule is CN(Cc1ccccc1OC(F)(F)F)C(=O)CCc1ccccc1O. The van der Waals surface area contributed by atoms with Crippen molar-refractivity contribution in [3.63, 3.8) is 0 Å². The van der Waals surface area contributed by atoms with Crippen LogP contribution in [0.1, 0.15) is 17.5 Å². The number of benzene rings is 2. The van der Waals surface area contributed by atoms with Gasteiger partial charge in [0.2, 0.25) is 5.91 Å². The van der Waals surface area contributed by atoms with E-state index >= 15 is 0 Å². The molecule has 0 saturated carbocycles. The maximum absolute atomic E-state index is 12.4. The van der Waals surface area contributed by atoms with Crippen LogP contribution in [-0.2, 0) is 17.8 Å². The summed E-state index contributed by atoms with van der Waals surface area (Å²) >= 11 is 0. The Morgan fingerprint density at radius 2 is 1.68 bits per heavy atom. The van der Waals surface area contributed by atoms with Crippen LogP contribution in [-0.4, -0.2) is 29.3 Å². The Balaban J connectivity index is 1.98. The summed E-state index contributed by atoms with van der Waals surface area (Å²) in [6.07, 6.45) is -4.31. The maximum atomic E-state index is 12.4. The molecule has 25 heavy (non-hydrogen) atoms. The van der Waals surface area contributed by atoms with Gasteiger partial charge in [0, 0.05) is 25.6 Å². The predicted octanol–water partition coefficient (Wildman–Crippen LogP) is 3.88. The number of nitrogens with zero attached hydrogens (tertiary/aromatic N) is 1. The molecule has 2 aromatic rings. The zero-order chi connectivity index (χ0) is 18.4. The third-order valence-corrected chi connectivity index (χ3v) is 3.63. The summed E-state index contributed by atoms with van der Waals surface area (Å²) in [4.78, 5) is 13.5. The second-order valence-electron chi connectivity index (χ2n) is 5.53. The highest BCUT2D eigenvalue weighted by Crippen LogP contribution is 2.27. The highest BCUT2D eigenvalue weighted by molar-refractivity contribution is 5.76. The molecule has 0 aliphatic rings. The lowest BCUT2D eigenvalue weighted by Crippen LogP contribution is -2.27. The fraction of sp³-hybridized carbons (Fsp3) is 0.278. The highest BCUT2D eigenvalue weighted by Gasteiger charge is 2.32. The van der Waals surface area contributed by atoms with E-state index in [1.807, 2.05) is 0 Å². The van der Waals surface area contributed by atoms with E-state index in [0.29, 0.717) is 12.0 Å². The Bertz CT molecular complexity index is 732. The number of amides is 1. The van der Waals surface area contributed by atoms with Gasteiger partial charge in [-0.25, -0.2) is 0 Å². The average molecular weight is 353 g/mol. The van der Waals surface area contributed by atoms with Gasteiger partial charge in [-0.05, 0) is 24.1 Å². The van der Waals surface area contributed by atoms with Gasteiger partial charge in [-0.15, -0.1) is 13.2 Å². The van der Waals surface area contributed by atoms with Crippen LogP contribution >= 0.6 is 0 Å². The monoisotopic (exact) mass is 353 g/mol. The number of halogens is 3. The van der Waals surface area contributed by atoms with Gasteiger partial charge in [-0.3, -0.25) is 4.79 Å². The molecule has 1 amide bonds. The third-order valence-electron chi connectivity index (χ3n) is 3.63. The summed E-state index contributed by atoms with van der Waals surface area (Å²) in [5.41, 5.74) is 0.906. The van der Waals surface area contributed by atoms with Crippen molar-refractivity contribution in [2.75, 3.05) is 7.05 Å². The van der Waals surface area contributed by atoms with Crippen molar-refractivity contribution in [1.82, 2.24) is 4.90 Å². The fourth-order valence-electron chi connectivity index (χ4n) is 2.36.